The van der Waals surface area contributed by atoms with Crippen molar-refractivity contribution in [1.82, 2.24) is 10.3 Å². The molecule has 7 heteroatoms. The molecular formula is C14H19F3N2O2. The van der Waals surface area contributed by atoms with Gasteiger partial charge in [0.25, 0.3) is 5.91 Å². The highest BCUT2D eigenvalue weighted by molar-refractivity contribution is 5.84. The lowest BCUT2D eigenvalue weighted by Gasteiger charge is -2.26. The Bertz CT molecular complexity index is 484. The first-order chi connectivity index (χ1) is 9.56. The molecule has 0 saturated carbocycles. The van der Waals surface area contributed by atoms with Crippen molar-refractivity contribution < 1.29 is 22.7 Å². The van der Waals surface area contributed by atoms with Crippen molar-refractivity contribution in [2.45, 2.75) is 51.9 Å². The number of carbonyl (C=O) groups is 1. The zero-order valence-corrected chi connectivity index (χ0v) is 12.4. The fraction of sp³-hybridized carbons (Fsp3) is 0.571. The van der Waals surface area contributed by atoms with Crippen molar-refractivity contribution in [3.8, 4) is 5.88 Å². The number of halogens is 3. The normalized spacial score (nSPS) is 13.7. The second-order valence-electron chi connectivity index (χ2n) is 5.28. The molecule has 118 valence electrons. The van der Waals surface area contributed by atoms with Crippen molar-refractivity contribution in [2.75, 3.05) is 0 Å². The summed E-state index contributed by atoms with van der Waals surface area (Å²) >= 11 is 0. The minimum Gasteiger partial charge on any atom is -0.462 e. The first-order valence-corrected chi connectivity index (χ1v) is 6.59. The fourth-order valence-corrected chi connectivity index (χ4v) is 1.42. The summed E-state index contributed by atoms with van der Waals surface area (Å²) in [5.41, 5.74) is -2.09. The molecule has 0 spiro atoms. The zero-order valence-electron chi connectivity index (χ0n) is 12.4. The summed E-state index contributed by atoms with van der Waals surface area (Å²) in [4.78, 5) is 15.6. The topological polar surface area (TPSA) is 51.2 Å². The first kappa shape index (κ1) is 17.3. The third-order valence-corrected chi connectivity index (χ3v) is 2.96. The predicted molar refractivity (Wildman–Crippen MR) is 71.8 cm³/mol. The molecule has 1 aromatic heterocycles. The number of nitrogens with one attached hydrogen (secondary N) is 1. The van der Waals surface area contributed by atoms with Crippen molar-refractivity contribution in [2.24, 2.45) is 0 Å². The van der Waals surface area contributed by atoms with Crippen LogP contribution in [0.25, 0.3) is 0 Å². The lowest BCUT2D eigenvalue weighted by atomic mass is 10.1. The summed E-state index contributed by atoms with van der Waals surface area (Å²) in [6.45, 7) is 6.84. The van der Waals surface area contributed by atoms with Gasteiger partial charge in [0.2, 0.25) is 5.88 Å². The first-order valence-electron chi connectivity index (χ1n) is 6.59. The number of hydrogen-bond donors (Lipinski definition) is 1. The molecule has 21 heavy (non-hydrogen) atoms. The van der Waals surface area contributed by atoms with Crippen LogP contribution in [-0.2, 0) is 11.0 Å². The van der Waals surface area contributed by atoms with Gasteiger partial charge >= 0.3 is 6.18 Å². The van der Waals surface area contributed by atoms with Crippen molar-refractivity contribution >= 4 is 5.91 Å². The average Bonchev–Trinajstić information content (AvgIpc) is 2.37. The Morgan fingerprint density at radius 2 is 2.00 bits per heavy atom. The largest absolute Gasteiger partial charge is 0.462 e. The number of rotatable bonds is 5. The number of pyridine rings is 1. The molecule has 1 amide bonds. The van der Waals surface area contributed by atoms with E-state index in [2.05, 4.69) is 10.3 Å². The predicted octanol–water partition coefficient (Wildman–Crippen LogP) is 3.17. The maximum absolute atomic E-state index is 12.4. The van der Waals surface area contributed by atoms with Gasteiger partial charge in [-0.1, -0.05) is 6.92 Å². The van der Waals surface area contributed by atoms with E-state index in [-0.39, 0.29) is 17.8 Å². The molecule has 1 unspecified atom stereocenters. The highest BCUT2D eigenvalue weighted by atomic mass is 19.4. The van der Waals surface area contributed by atoms with Crippen LogP contribution in [0.3, 0.4) is 0 Å². The van der Waals surface area contributed by atoms with Crippen LogP contribution >= 0.6 is 0 Å². The molecule has 0 aliphatic carbocycles. The summed E-state index contributed by atoms with van der Waals surface area (Å²) in [5.74, 6) is -0.383. The summed E-state index contributed by atoms with van der Waals surface area (Å²) in [6.07, 6.45) is -3.01. The third-order valence-electron chi connectivity index (χ3n) is 2.96. The van der Waals surface area contributed by atoms with Gasteiger partial charge in [-0.25, -0.2) is 4.98 Å². The Hall–Kier alpha value is -1.79. The van der Waals surface area contributed by atoms with Gasteiger partial charge in [0.15, 0.2) is 5.60 Å². The van der Waals surface area contributed by atoms with Crippen LogP contribution in [0.4, 0.5) is 13.2 Å². The molecule has 1 N–H and O–H groups in total. The Morgan fingerprint density at radius 1 is 1.38 bits per heavy atom. The van der Waals surface area contributed by atoms with Crippen molar-refractivity contribution in [3.63, 3.8) is 0 Å². The summed E-state index contributed by atoms with van der Waals surface area (Å²) < 4.78 is 42.7. The lowest BCUT2D eigenvalue weighted by Crippen LogP contribution is -2.49. The number of hydrogen-bond acceptors (Lipinski definition) is 3. The van der Waals surface area contributed by atoms with Crippen molar-refractivity contribution in [3.05, 3.63) is 23.9 Å². The monoisotopic (exact) mass is 304 g/mol. The molecule has 0 radical (unpaired) electrons. The van der Waals surface area contributed by atoms with E-state index in [4.69, 9.17) is 4.74 Å². The SMILES string of the molecule is CCC(C)NC(=O)C(C)(C)Oc1ccc(C(F)(F)F)cn1. The Morgan fingerprint density at radius 3 is 2.43 bits per heavy atom. The van der Waals surface area contributed by atoms with E-state index >= 15 is 0 Å². The molecule has 1 heterocycles. The number of nitrogens with zero attached hydrogens (tertiary/aromatic N) is 1. The summed E-state index contributed by atoms with van der Waals surface area (Å²) in [7, 11) is 0. The van der Waals surface area contributed by atoms with Crippen molar-refractivity contribution in [1.29, 1.82) is 0 Å². The molecule has 1 rings (SSSR count). The van der Waals surface area contributed by atoms with Gasteiger partial charge in [0.05, 0.1) is 5.56 Å². The van der Waals surface area contributed by atoms with Crippen LogP contribution in [0.1, 0.15) is 39.7 Å². The summed E-state index contributed by atoms with van der Waals surface area (Å²) in [6, 6.07) is 1.95. The minimum atomic E-state index is -4.45. The quantitative estimate of drug-likeness (QED) is 0.909. The van der Waals surface area contributed by atoms with Crippen LogP contribution in [0.5, 0.6) is 5.88 Å². The van der Waals surface area contributed by atoms with Gasteiger partial charge in [0.1, 0.15) is 0 Å². The van der Waals surface area contributed by atoms with Gasteiger partial charge in [-0.2, -0.15) is 13.2 Å². The maximum Gasteiger partial charge on any atom is 0.417 e. The van der Waals surface area contributed by atoms with E-state index in [9.17, 15) is 18.0 Å². The van der Waals surface area contributed by atoms with E-state index in [0.717, 1.165) is 18.6 Å². The molecule has 0 aromatic carbocycles. The fourth-order valence-electron chi connectivity index (χ4n) is 1.42. The number of ether oxygens (including phenoxy) is 1. The van der Waals surface area contributed by atoms with Gasteiger partial charge in [0, 0.05) is 18.3 Å². The number of aromatic nitrogens is 1. The van der Waals surface area contributed by atoms with E-state index in [1.807, 2.05) is 13.8 Å². The Labute approximate surface area is 121 Å². The molecule has 0 aliphatic heterocycles. The van der Waals surface area contributed by atoms with Gasteiger partial charge < -0.3 is 10.1 Å². The maximum atomic E-state index is 12.4. The highest BCUT2D eigenvalue weighted by Crippen LogP contribution is 2.29. The molecule has 0 bridgehead atoms. The molecule has 0 aliphatic rings. The van der Waals surface area contributed by atoms with Crippen LogP contribution < -0.4 is 10.1 Å². The van der Waals surface area contributed by atoms with Crippen LogP contribution in [0.2, 0.25) is 0 Å². The number of amides is 1. The second kappa shape index (κ2) is 6.32. The van der Waals surface area contributed by atoms with Gasteiger partial charge in [-0.15, -0.1) is 0 Å². The molecule has 0 fully saturated rings. The van der Waals surface area contributed by atoms with Gasteiger partial charge in [-0.3, -0.25) is 4.79 Å². The smallest absolute Gasteiger partial charge is 0.417 e. The molecular weight excluding hydrogens is 285 g/mol. The van der Waals surface area contributed by atoms with E-state index in [1.165, 1.54) is 13.8 Å². The van der Waals surface area contributed by atoms with E-state index in [0.29, 0.717) is 6.20 Å². The van der Waals surface area contributed by atoms with Gasteiger partial charge in [-0.05, 0) is 33.3 Å². The third kappa shape index (κ3) is 4.91. The Balaban J connectivity index is 2.77. The van der Waals surface area contributed by atoms with Crippen LogP contribution in [-0.4, -0.2) is 22.5 Å². The minimum absolute atomic E-state index is 0.0130. The molecule has 0 saturated heterocycles. The molecule has 1 aromatic rings. The standard InChI is InChI=1S/C14H19F3N2O2/c1-5-9(2)19-12(20)13(3,4)21-11-7-6-10(8-18-11)14(15,16)17/h6-9H,5H2,1-4H3,(H,19,20). The van der Waals surface area contributed by atoms with Crippen LogP contribution in [0.15, 0.2) is 18.3 Å². The van der Waals surface area contributed by atoms with Crippen LogP contribution in [0, 0.1) is 0 Å². The average molecular weight is 304 g/mol. The second-order valence-corrected chi connectivity index (χ2v) is 5.28. The van der Waals surface area contributed by atoms with E-state index < -0.39 is 17.3 Å². The Kier molecular flexibility index (Phi) is 5.20. The highest BCUT2D eigenvalue weighted by Gasteiger charge is 2.33. The summed E-state index contributed by atoms with van der Waals surface area (Å²) in [5, 5.41) is 2.75. The number of alkyl halides is 3. The lowest BCUT2D eigenvalue weighted by molar-refractivity contribution is -0.138. The molecule has 1 atom stereocenters. The zero-order chi connectivity index (χ0) is 16.3. The van der Waals surface area contributed by atoms with E-state index in [1.54, 1.807) is 0 Å². The molecule has 4 nitrogen and oxygen atoms in total. The number of carbonyl (C=O) groups excluding carboxylic acids is 1.